The summed E-state index contributed by atoms with van der Waals surface area (Å²) in [7, 11) is 0. The molecule has 0 bridgehead atoms. The number of pyridine rings is 1. The fraction of sp³-hybridized carbons (Fsp3) is 0. The first kappa shape index (κ1) is 10.1. The van der Waals surface area contributed by atoms with Crippen molar-refractivity contribution in [2.75, 3.05) is 0 Å². The van der Waals surface area contributed by atoms with Gasteiger partial charge < -0.3 is 0 Å². The van der Waals surface area contributed by atoms with Crippen LogP contribution in [0.5, 0.6) is 0 Å². The minimum atomic E-state index is 0.368. The van der Waals surface area contributed by atoms with Crippen molar-refractivity contribution in [3.63, 3.8) is 0 Å². The van der Waals surface area contributed by atoms with Gasteiger partial charge in [0.15, 0.2) is 6.29 Å². The fourth-order valence-electron chi connectivity index (χ4n) is 1.48. The number of rotatable bonds is 2. The van der Waals surface area contributed by atoms with E-state index in [2.05, 4.69) is 4.98 Å². The summed E-state index contributed by atoms with van der Waals surface area (Å²) < 4.78 is 0. The van der Waals surface area contributed by atoms with Crippen molar-refractivity contribution in [1.82, 2.24) is 4.98 Å². The number of nitriles is 1. The third-order valence-electron chi connectivity index (χ3n) is 2.28. The summed E-state index contributed by atoms with van der Waals surface area (Å²) in [5.74, 6) is 0. The Kier molecular flexibility index (Phi) is 2.75. The van der Waals surface area contributed by atoms with E-state index in [0.717, 1.165) is 17.4 Å². The highest BCUT2D eigenvalue weighted by atomic mass is 16.1. The van der Waals surface area contributed by atoms with E-state index >= 15 is 0 Å². The van der Waals surface area contributed by atoms with E-state index in [1.807, 2.05) is 24.3 Å². The molecule has 76 valence electrons. The van der Waals surface area contributed by atoms with Crippen LogP contribution in [0, 0.1) is 11.3 Å². The molecule has 0 aliphatic rings. The molecule has 3 heteroatoms. The van der Waals surface area contributed by atoms with E-state index in [9.17, 15) is 4.79 Å². The van der Waals surface area contributed by atoms with Crippen LogP contribution in [0.4, 0.5) is 0 Å². The second-order valence-electron chi connectivity index (χ2n) is 3.25. The maximum atomic E-state index is 10.9. The van der Waals surface area contributed by atoms with Gasteiger partial charge in [-0.15, -0.1) is 0 Å². The number of aromatic nitrogens is 1. The van der Waals surface area contributed by atoms with E-state index in [1.165, 1.54) is 0 Å². The van der Waals surface area contributed by atoms with Gasteiger partial charge in [0.2, 0.25) is 0 Å². The maximum absolute atomic E-state index is 10.9. The molecule has 0 spiro atoms. The van der Waals surface area contributed by atoms with Gasteiger partial charge in [-0.2, -0.15) is 5.26 Å². The van der Waals surface area contributed by atoms with Gasteiger partial charge in [0.1, 0.15) is 11.8 Å². The van der Waals surface area contributed by atoms with Crippen LogP contribution < -0.4 is 0 Å². The number of carbonyl (C=O) groups is 1. The lowest BCUT2D eigenvalue weighted by molar-refractivity contribution is 0.112. The lowest BCUT2D eigenvalue weighted by atomic mass is 10.0. The fourth-order valence-corrected chi connectivity index (χ4v) is 1.48. The Labute approximate surface area is 93.0 Å². The summed E-state index contributed by atoms with van der Waals surface area (Å²) in [6, 6.07) is 12.7. The summed E-state index contributed by atoms with van der Waals surface area (Å²) in [5, 5.41) is 8.63. The maximum Gasteiger partial charge on any atom is 0.150 e. The van der Waals surface area contributed by atoms with Crippen molar-refractivity contribution >= 4 is 6.29 Å². The Bertz CT molecular complexity index is 553. The van der Waals surface area contributed by atoms with Crippen LogP contribution in [-0.2, 0) is 0 Å². The molecule has 1 heterocycles. The normalized spacial score (nSPS) is 9.44. The second kappa shape index (κ2) is 4.37. The smallest absolute Gasteiger partial charge is 0.150 e. The molecule has 2 aromatic rings. The van der Waals surface area contributed by atoms with Gasteiger partial charge in [-0.25, -0.2) is 4.98 Å². The molecule has 0 radical (unpaired) electrons. The molecule has 0 N–H and O–H groups in total. The summed E-state index contributed by atoms with van der Waals surface area (Å²) in [4.78, 5) is 14.8. The van der Waals surface area contributed by atoms with Crippen molar-refractivity contribution < 1.29 is 4.79 Å². The molecule has 0 amide bonds. The number of hydrogen-bond acceptors (Lipinski definition) is 3. The SMILES string of the molecule is N#Cc1ccc(-c2ccccc2C=O)cn1. The lowest BCUT2D eigenvalue weighted by Crippen LogP contribution is -1.88. The molecular weight excluding hydrogens is 200 g/mol. The quantitative estimate of drug-likeness (QED) is 0.712. The van der Waals surface area contributed by atoms with Gasteiger partial charge >= 0.3 is 0 Å². The van der Waals surface area contributed by atoms with Crippen molar-refractivity contribution in [2.45, 2.75) is 0 Å². The summed E-state index contributed by atoms with van der Waals surface area (Å²) in [6.07, 6.45) is 2.41. The van der Waals surface area contributed by atoms with Gasteiger partial charge in [-0.1, -0.05) is 24.3 Å². The Morgan fingerprint density at radius 2 is 2.00 bits per heavy atom. The first-order valence-electron chi connectivity index (χ1n) is 4.76. The highest BCUT2D eigenvalue weighted by Gasteiger charge is 2.03. The summed E-state index contributed by atoms with van der Waals surface area (Å²) in [5.41, 5.74) is 2.65. The molecule has 2 rings (SSSR count). The zero-order valence-corrected chi connectivity index (χ0v) is 8.42. The second-order valence-corrected chi connectivity index (χ2v) is 3.25. The minimum Gasteiger partial charge on any atom is -0.298 e. The van der Waals surface area contributed by atoms with Gasteiger partial charge in [0.05, 0.1) is 0 Å². The van der Waals surface area contributed by atoms with E-state index in [0.29, 0.717) is 11.3 Å². The predicted molar refractivity (Wildman–Crippen MR) is 59.8 cm³/mol. The standard InChI is InChI=1S/C13H8N2O/c14-7-12-6-5-10(8-15-12)13-4-2-1-3-11(13)9-16/h1-6,8-9H. The number of benzene rings is 1. The first-order valence-corrected chi connectivity index (χ1v) is 4.76. The Morgan fingerprint density at radius 3 is 2.62 bits per heavy atom. The molecule has 1 aromatic heterocycles. The molecule has 0 unspecified atom stereocenters. The Morgan fingerprint density at radius 1 is 1.19 bits per heavy atom. The largest absolute Gasteiger partial charge is 0.298 e. The number of carbonyl (C=O) groups excluding carboxylic acids is 1. The van der Waals surface area contributed by atoms with E-state index in [-0.39, 0.29) is 0 Å². The third-order valence-corrected chi connectivity index (χ3v) is 2.28. The van der Waals surface area contributed by atoms with Gasteiger partial charge in [0.25, 0.3) is 0 Å². The summed E-state index contributed by atoms with van der Waals surface area (Å²) >= 11 is 0. The zero-order chi connectivity index (χ0) is 11.4. The van der Waals surface area contributed by atoms with Crippen molar-refractivity contribution in [2.24, 2.45) is 0 Å². The van der Waals surface area contributed by atoms with Gasteiger partial charge in [-0.05, 0) is 17.7 Å². The average Bonchev–Trinajstić information content (AvgIpc) is 2.39. The van der Waals surface area contributed by atoms with Crippen LogP contribution in [0.3, 0.4) is 0 Å². The van der Waals surface area contributed by atoms with E-state index in [1.54, 1.807) is 24.4 Å². The van der Waals surface area contributed by atoms with Crippen LogP contribution in [0.15, 0.2) is 42.6 Å². The topological polar surface area (TPSA) is 53.8 Å². The Hall–Kier alpha value is -2.47. The van der Waals surface area contributed by atoms with Crippen LogP contribution >= 0.6 is 0 Å². The van der Waals surface area contributed by atoms with E-state index < -0.39 is 0 Å². The molecule has 3 nitrogen and oxygen atoms in total. The minimum absolute atomic E-state index is 0.368. The van der Waals surface area contributed by atoms with Crippen LogP contribution in [0.25, 0.3) is 11.1 Å². The van der Waals surface area contributed by atoms with Gasteiger partial charge in [0, 0.05) is 17.3 Å². The molecule has 0 saturated carbocycles. The van der Waals surface area contributed by atoms with Gasteiger partial charge in [-0.3, -0.25) is 4.79 Å². The molecular formula is C13H8N2O. The summed E-state index contributed by atoms with van der Waals surface area (Å²) in [6.45, 7) is 0. The Balaban J connectivity index is 2.51. The highest BCUT2D eigenvalue weighted by molar-refractivity contribution is 5.87. The molecule has 16 heavy (non-hydrogen) atoms. The number of hydrogen-bond donors (Lipinski definition) is 0. The first-order chi connectivity index (χ1) is 7.85. The van der Waals surface area contributed by atoms with Crippen molar-refractivity contribution in [3.05, 3.63) is 53.9 Å². The van der Waals surface area contributed by atoms with Crippen molar-refractivity contribution in [1.29, 1.82) is 5.26 Å². The number of aldehydes is 1. The zero-order valence-electron chi connectivity index (χ0n) is 8.42. The van der Waals surface area contributed by atoms with Crippen LogP contribution in [0.1, 0.15) is 16.1 Å². The van der Waals surface area contributed by atoms with Crippen LogP contribution in [0.2, 0.25) is 0 Å². The van der Waals surface area contributed by atoms with Crippen LogP contribution in [-0.4, -0.2) is 11.3 Å². The highest BCUT2D eigenvalue weighted by Crippen LogP contribution is 2.21. The molecule has 0 fully saturated rings. The predicted octanol–water partition coefficient (Wildman–Crippen LogP) is 2.43. The van der Waals surface area contributed by atoms with Crippen molar-refractivity contribution in [3.8, 4) is 17.2 Å². The number of nitrogens with zero attached hydrogens (tertiary/aromatic N) is 2. The molecule has 0 aliphatic heterocycles. The molecule has 0 aliphatic carbocycles. The molecule has 1 aromatic carbocycles. The third kappa shape index (κ3) is 1.82. The molecule has 0 atom stereocenters. The molecule has 0 saturated heterocycles. The average molecular weight is 208 g/mol. The van der Waals surface area contributed by atoms with E-state index in [4.69, 9.17) is 5.26 Å². The lowest BCUT2D eigenvalue weighted by Gasteiger charge is -2.03. The monoisotopic (exact) mass is 208 g/mol.